The van der Waals surface area contributed by atoms with Gasteiger partial charge in [-0.25, -0.2) is 0 Å². The molecule has 0 bridgehead atoms. The van der Waals surface area contributed by atoms with Gasteiger partial charge in [0.2, 0.25) is 11.9 Å². The Morgan fingerprint density at radius 1 is 0.966 bits per heavy atom. The van der Waals surface area contributed by atoms with Gasteiger partial charge < -0.3 is 26.4 Å². The second-order valence-electron chi connectivity index (χ2n) is 7.59. The maximum Gasteiger partial charge on any atom is 0.232 e. The van der Waals surface area contributed by atoms with Crippen LogP contribution in [0, 0.1) is 0 Å². The summed E-state index contributed by atoms with van der Waals surface area (Å²) in [6.45, 7) is 2.77. The van der Waals surface area contributed by atoms with Crippen molar-refractivity contribution < 1.29 is 4.74 Å². The molecule has 1 saturated heterocycles. The molecule has 4 rings (SSSR count). The average Bonchev–Trinajstić information content (AvgIpc) is 2.70. The molecule has 2 aromatic rings. The van der Waals surface area contributed by atoms with Gasteiger partial charge in [-0.15, -0.1) is 0 Å². The summed E-state index contributed by atoms with van der Waals surface area (Å²) in [5.74, 6) is 1.91. The fourth-order valence-electron chi connectivity index (χ4n) is 3.85. The monoisotopic (exact) mass is 437 g/mol. The van der Waals surface area contributed by atoms with Gasteiger partial charge in [-0.3, -0.25) is 0 Å². The molecule has 10 heteroatoms. The molecule has 8 nitrogen and oxygen atoms in total. The predicted molar refractivity (Wildman–Crippen MR) is 115 cm³/mol. The van der Waals surface area contributed by atoms with Crippen LogP contribution in [-0.2, 0) is 4.74 Å². The Morgan fingerprint density at radius 2 is 1.69 bits per heavy atom. The summed E-state index contributed by atoms with van der Waals surface area (Å²) in [4.78, 5) is 16.2. The number of benzene rings is 1. The highest BCUT2D eigenvalue weighted by atomic mass is 35.5. The smallest absolute Gasteiger partial charge is 0.232 e. The number of rotatable bonds is 4. The summed E-state index contributed by atoms with van der Waals surface area (Å²) in [7, 11) is 0. The number of hydrogen-bond acceptors (Lipinski definition) is 8. The van der Waals surface area contributed by atoms with E-state index in [0.29, 0.717) is 35.2 Å². The van der Waals surface area contributed by atoms with Crippen LogP contribution in [0.1, 0.15) is 31.0 Å². The van der Waals surface area contributed by atoms with Gasteiger partial charge in [0.25, 0.3) is 0 Å². The molecule has 1 unspecified atom stereocenters. The number of nitrogens with one attached hydrogen (secondary N) is 1. The standard InChI is InChI=1S/C19H25Cl2N7O/c20-15-2-1-14(10-16(15)21)24-18-25-17(11-7-12(22)9-13(23)8-11)26-19(27-18)28-3-5-29-6-4-28/h1-2,10-13H,3-9,22-23H2,(H,24,25,26,27)/t11?,12-,13+. The van der Waals surface area contributed by atoms with Crippen molar-refractivity contribution >= 4 is 40.8 Å². The third-order valence-electron chi connectivity index (χ3n) is 5.26. The van der Waals surface area contributed by atoms with E-state index in [4.69, 9.17) is 44.4 Å². The van der Waals surface area contributed by atoms with E-state index in [2.05, 4.69) is 20.2 Å². The van der Waals surface area contributed by atoms with Crippen molar-refractivity contribution in [2.75, 3.05) is 36.5 Å². The molecule has 3 atom stereocenters. The summed E-state index contributed by atoms with van der Waals surface area (Å²) < 4.78 is 5.46. The Balaban J connectivity index is 1.66. The topological polar surface area (TPSA) is 115 Å². The lowest BCUT2D eigenvalue weighted by atomic mass is 9.83. The lowest BCUT2D eigenvalue weighted by Gasteiger charge is -2.31. The maximum atomic E-state index is 6.21. The van der Waals surface area contributed by atoms with Crippen LogP contribution < -0.4 is 21.7 Å². The van der Waals surface area contributed by atoms with E-state index < -0.39 is 0 Å². The van der Waals surface area contributed by atoms with Crippen molar-refractivity contribution in [3.05, 3.63) is 34.1 Å². The van der Waals surface area contributed by atoms with E-state index >= 15 is 0 Å². The SMILES string of the molecule is N[C@@H]1CC(c2nc(Nc3ccc(Cl)c(Cl)c3)nc(N3CCOCC3)n2)C[C@H](N)C1. The van der Waals surface area contributed by atoms with E-state index in [1.165, 1.54) is 0 Å². The Hall–Kier alpha value is -1.71. The van der Waals surface area contributed by atoms with Gasteiger partial charge in [-0.2, -0.15) is 15.0 Å². The van der Waals surface area contributed by atoms with Crippen molar-refractivity contribution in [1.29, 1.82) is 0 Å². The van der Waals surface area contributed by atoms with Gasteiger partial charge in [0.1, 0.15) is 5.82 Å². The predicted octanol–water partition coefficient (Wildman–Crippen LogP) is 2.68. The van der Waals surface area contributed by atoms with Crippen molar-refractivity contribution in [2.45, 2.75) is 37.3 Å². The fraction of sp³-hybridized carbons (Fsp3) is 0.526. The zero-order valence-electron chi connectivity index (χ0n) is 16.0. The molecule has 2 heterocycles. The molecular formula is C19H25Cl2N7O. The zero-order valence-corrected chi connectivity index (χ0v) is 17.5. The third-order valence-corrected chi connectivity index (χ3v) is 5.99. The average molecular weight is 438 g/mol. The molecule has 0 amide bonds. The van der Waals surface area contributed by atoms with E-state index in [1.54, 1.807) is 12.1 Å². The van der Waals surface area contributed by atoms with Crippen LogP contribution in [0.3, 0.4) is 0 Å². The Morgan fingerprint density at radius 3 is 2.38 bits per heavy atom. The molecule has 0 spiro atoms. The maximum absolute atomic E-state index is 6.21. The molecule has 2 fully saturated rings. The fourth-order valence-corrected chi connectivity index (χ4v) is 4.14. The first-order valence-electron chi connectivity index (χ1n) is 9.80. The molecular weight excluding hydrogens is 413 g/mol. The first-order chi connectivity index (χ1) is 14.0. The van der Waals surface area contributed by atoms with Crippen LogP contribution in [0.4, 0.5) is 17.6 Å². The van der Waals surface area contributed by atoms with Crippen LogP contribution in [0.2, 0.25) is 10.0 Å². The molecule has 1 aromatic carbocycles. The van der Waals surface area contributed by atoms with E-state index in [-0.39, 0.29) is 18.0 Å². The Labute approximate surface area is 179 Å². The number of morpholine rings is 1. The number of anilines is 3. The minimum absolute atomic E-state index is 0.0545. The number of aromatic nitrogens is 3. The summed E-state index contributed by atoms with van der Waals surface area (Å²) in [6, 6.07) is 5.42. The van der Waals surface area contributed by atoms with E-state index in [0.717, 1.165) is 43.9 Å². The molecule has 1 aliphatic heterocycles. The molecule has 29 heavy (non-hydrogen) atoms. The lowest BCUT2D eigenvalue weighted by molar-refractivity contribution is 0.122. The summed E-state index contributed by atoms with van der Waals surface area (Å²) in [5.41, 5.74) is 13.2. The van der Waals surface area contributed by atoms with Crippen molar-refractivity contribution in [2.24, 2.45) is 11.5 Å². The Kier molecular flexibility index (Phi) is 6.36. The highest BCUT2D eigenvalue weighted by Gasteiger charge is 2.29. The van der Waals surface area contributed by atoms with Gasteiger partial charge in [0.05, 0.1) is 23.3 Å². The minimum Gasteiger partial charge on any atom is -0.378 e. The largest absolute Gasteiger partial charge is 0.378 e. The summed E-state index contributed by atoms with van der Waals surface area (Å²) in [6.07, 6.45) is 2.45. The summed E-state index contributed by atoms with van der Waals surface area (Å²) in [5, 5.41) is 4.18. The second-order valence-corrected chi connectivity index (χ2v) is 8.41. The highest BCUT2D eigenvalue weighted by molar-refractivity contribution is 6.42. The van der Waals surface area contributed by atoms with Gasteiger partial charge in [-0.05, 0) is 37.5 Å². The first-order valence-corrected chi connectivity index (χ1v) is 10.6. The molecule has 1 aromatic heterocycles. The number of halogens is 2. The van der Waals surface area contributed by atoms with Crippen LogP contribution in [0.25, 0.3) is 0 Å². The number of nitrogens with two attached hydrogens (primary N) is 2. The lowest BCUT2D eigenvalue weighted by Crippen LogP contribution is -2.40. The van der Waals surface area contributed by atoms with Crippen molar-refractivity contribution in [1.82, 2.24) is 15.0 Å². The zero-order chi connectivity index (χ0) is 20.4. The van der Waals surface area contributed by atoms with Gasteiger partial charge in [0.15, 0.2) is 0 Å². The van der Waals surface area contributed by atoms with Gasteiger partial charge >= 0.3 is 0 Å². The second kappa shape index (κ2) is 8.97. The molecule has 0 radical (unpaired) electrons. The van der Waals surface area contributed by atoms with Crippen molar-refractivity contribution in [3.8, 4) is 0 Å². The third kappa shape index (κ3) is 5.07. The van der Waals surface area contributed by atoms with Gasteiger partial charge in [0, 0.05) is 36.8 Å². The number of hydrogen-bond donors (Lipinski definition) is 3. The van der Waals surface area contributed by atoms with E-state index in [1.807, 2.05) is 6.07 Å². The Bertz CT molecular complexity index is 852. The summed E-state index contributed by atoms with van der Waals surface area (Å²) >= 11 is 12.2. The molecule has 5 N–H and O–H groups in total. The van der Waals surface area contributed by atoms with Gasteiger partial charge in [-0.1, -0.05) is 23.2 Å². The van der Waals surface area contributed by atoms with Crippen molar-refractivity contribution in [3.63, 3.8) is 0 Å². The number of nitrogens with zero attached hydrogens (tertiary/aromatic N) is 4. The molecule has 156 valence electrons. The molecule has 2 aliphatic rings. The van der Waals surface area contributed by atoms with Crippen LogP contribution >= 0.6 is 23.2 Å². The van der Waals surface area contributed by atoms with E-state index in [9.17, 15) is 0 Å². The highest BCUT2D eigenvalue weighted by Crippen LogP contribution is 2.32. The first kappa shape index (κ1) is 20.6. The van der Waals surface area contributed by atoms with Crippen LogP contribution in [0.15, 0.2) is 18.2 Å². The minimum atomic E-state index is 0.0545. The van der Waals surface area contributed by atoms with Crippen LogP contribution in [-0.4, -0.2) is 53.3 Å². The number of ether oxygens (including phenoxy) is 1. The normalized spacial score (nSPS) is 25.1. The molecule has 1 saturated carbocycles. The quantitative estimate of drug-likeness (QED) is 0.668. The van der Waals surface area contributed by atoms with Crippen LogP contribution in [0.5, 0.6) is 0 Å². The molecule has 1 aliphatic carbocycles.